The van der Waals surface area contributed by atoms with Crippen LogP contribution >= 0.6 is 23.1 Å². The molecule has 4 nitrogen and oxygen atoms in total. The third-order valence-corrected chi connectivity index (χ3v) is 4.35. The van der Waals surface area contributed by atoms with E-state index >= 15 is 0 Å². The van der Waals surface area contributed by atoms with Gasteiger partial charge in [-0.3, -0.25) is 4.79 Å². The minimum Gasteiger partial charge on any atom is -0.301 e. The highest BCUT2D eigenvalue weighted by Crippen LogP contribution is 2.29. The molecule has 0 fully saturated rings. The first-order valence-electron chi connectivity index (χ1n) is 5.78. The zero-order valence-corrected chi connectivity index (χ0v) is 12.2. The summed E-state index contributed by atoms with van der Waals surface area (Å²) in [6, 6.07) is 3.33. The van der Waals surface area contributed by atoms with Gasteiger partial charge in [0.05, 0.1) is 0 Å². The van der Waals surface area contributed by atoms with Gasteiger partial charge >= 0.3 is 0 Å². The summed E-state index contributed by atoms with van der Waals surface area (Å²) in [6.07, 6.45) is 0.358. The van der Waals surface area contributed by atoms with Gasteiger partial charge in [0.2, 0.25) is 11.0 Å². The van der Waals surface area contributed by atoms with E-state index in [-0.39, 0.29) is 17.2 Å². The van der Waals surface area contributed by atoms with Gasteiger partial charge in [-0.15, -0.1) is 10.2 Å². The molecule has 0 unspecified atom stereocenters. The van der Waals surface area contributed by atoms with Crippen molar-refractivity contribution in [1.82, 2.24) is 10.2 Å². The van der Waals surface area contributed by atoms with Gasteiger partial charge in [0.15, 0.2) is 4.34 Å². The lowest BCUT2D eigenvalue weighted by atomic mass is 10.2. The molecule has 0 aliphatic rings. The fourth-order valence-corrected chi connectivity index (χ4v) is 3.06. The number of benzene rings is 1. The smallest absolute Gasteiger partial charge is 0.225 e. The van der Waals surface area contributed by atoms with E-state index in [0.29, 0.717) is 15.9 Å². The second-order valence-electron chi connectivity index (χ2n) is 3.80. The summed E-state index contributed by atoms with van der Waals surface area (Å²) in [5.41, 5.74) is 0.268. The molecule has 0 aliphatic carbocycles. The maximum absolute atomic E-state index is 13.4. The quantitative estimate of drug-likeness (QED) is 0.678. The number of thioether (sulfide) groups is 1. The number of nitrogens with zero attached hydrogens (tertiary/aromatic N) is 2. The first-order valence-corrected chi connectivity index (χ1v) is 7.58. The Morgan fingerprint density at radius 2 is 2.20 bits per heavy atom. The molecule has 0 aliphatic heterocycles. The van der Waals surface area contributed by atoms with Crippen LogP contribution in [0.5, 0.6) is 0 Å². The van der Waals surface area contributed by atoms with Crippen LogP contribution in [0.1, 0.15) is 18.9 Å². The molecule has 20 heavy (non-hydrogen) atoms. The van der Waals surface area contributed by atoms with Crippen LogP contribution in [-0.2, 0) is 10.5 Å². The van der Waals surface area contributed by atoms with Crippen LogP contribution in [0.15, 0.2) is 22.5 Å². The van der Waals surface area contributed by atoms with Crippen molar-refractivity contribution in [2.45, 2.75) is 23.4 Å². The molecular weight excluding hydrogens is 304 g/mol. The standard InChI is InChI=1S/C12H11F2N3OS2/c1-2-10(18)15-11-16-17-12(20-11)19-6-7-5-8(13)3-4-9(7)14/h3-5H,2,6H2,1H3,(H,15,16,18). The molecule has 1 amide bonds. The number of halogens is 2. The van der Waals surface area contributed by atoms with Gasteiger partial charge in [0.1, 0.15) is 11.6 Å². The molecule has 0 radical (unpaired) electrons. The molecule has 2 rings (SSSR count). The number of nitrogens with one attached hydrogen (secondary N) is 1. The summed E-state index contributed by atoms with van der Waals surface area (Å²) in [4.78, 5) is 11.2. The van der Waals surface area contributed by atoms with E-state index in [2.05, 4.69) is 15.5 Å². The average Bonchev–Trinajstić information content (AvgIpc) is 2.87. The molecular formula is C12H11F2N3OS2. The molecule has 1 heterocycles. The highest BCUT2D eigenvalue weighted by molar-refractivity contribution is 8.00. The zero-order chi connectivity index (χ0) is 14.5. The highest BCUT2D eigenvalue weighted by atomic mass is 32.2. The maximum Gasteiger partial charge on any atom is 0.225 e. The van der Waals surface area contributed by atoms with Gasteiger partial charge in [-0.05, 0) is 18.2 Å². The number of hydrogen-bond donors (Lipinski definition) is 1. The molecule has 2 aromatic rings. The van der Waals surface area contributed by atoms with Gasteiger partial charge in [-0.2, -0.15) is 0 Å². The van der Waals surface area contributed by atoms with Crippen LogP contribution in [0, 0.1) is 11.6 Å². The summed E-state index contributed by atoms with van der Waals surface area (Å²) in [7, 11) is 0. The van der Waals surface area contributed by atoms with Crippen LogP contribution < -0.4 is 5.32 Å². The molecule has 0 saturated heterocycles. The number of anilines is 1. The van der Waals surface area contributed by atoms with Gasteiger partial charge in [-0.25, -0.2) is 8.78 Å². The summed E-state index contributed by atoms with van der Waals surface area (Å²) in [5, 5.41) is 10.7. The molecule has 0 spiro atoms. The van der Waals surface area contributed by atoms with Crippen molar-refractivity contribution in [3.63, 3.8) is 0 Å². The van der Waals surface area contributed by atoms with Crippen molar-refractivity contribution in [2.24, 2.45) is 0 Å². The second-order valence-corrected chi connectivity index (χ2v) is 6.00. The number of amides is 1. The molecule has 106 valence electrons. The van der Waals surface area contributed by atoms with E-state index in [1.807, 2.05) is 0 Å². The van der Waals surface area contributed by atoms with E-state index in [9.17, 15) is 13.6 Å². The van der Waals surface area contributed by atoms with Crippen molar-refractivity contribution >= 4 is 34.1 Å². The second kappa shape index (κ2) is 6.76. The predicted molar refractivity (Wildman–Crippen MR) is 74.7 cm³/mol. The number of aromatic nitrogens is 2. The third-order valence-electron chi connectivity index (χ3n) is 2.33. The Hall–Kier alpha value is -1.54. The van der Waals surface area contributed by atoms with Crippen LogP contribution in [0.2, 0.25) is 0 Å². The Morgan fingerprint density at radius 1 is 1.40 bits per heavy atom. The zero-order valence-electron chi connectivity index (χ0n) is 10.5. The Morgan fingerprint density at radius 3 is 2.95 bits per heavy atom. The van der Waals surface area contributed by atoms with Crippen molar-refractivity contribution < 1.29 is 13.6 Å². The fraction of sp³-hybridized carbons (Fsp3) is 0.250. The first kappa shape index (κ1) is 14.9. The largest absolute Gasteiger partial charge is 0.301 e. The third kappa shape index (κ3) is 3.97. The van der Waals surface area contributed by atoms with Crippen LogP contribution in [-0.4, -0.2) is 16.1 Å². The van der Waals surface area contributed by atoms with Crippen molar-refractivity contribution in [2.75, 3.05) is 5.32 Å². The average molecular weight is 315 g/mol. The maximum atomic E-state index is 13.4. The Bertz CT molecular complexity index is 618. The van der Waals surface area contributed by atoms with Gasteiger partial charge in [-0.1, -0.05) is 30.0 Å². The summed E-state index contributed by atoms with van der Waals surface area (Å²) in [5.74, 6) is -0.827. The van der Waals surface area contributed by atoms with E-state index in [4.69, 9.17) is 0 Å². The number of hydrogen-bond acceptors (Lipinski definition) is 5. The lowest BCUT2D eigenvalue weighted by Crippen LogP contribution is -2.08. The topological polar surface area (TPSA) is 54.9 Å². The number of carbonyl (C=O) groups excluding carboxylic acids is 1. The lowest BCUT2D eigenvalue weighted by Gasteiger charge is -2.00. The Balaban J connectivity index is 1.97. The van der Waals surface area contributed by atoms with Gasteiger partial charge in [0.25, 0.3) is 0 Å². The van der Waals surface area contributed by atoms with Crippen molar-refractivity contribution in [3.05, 3.63) is 35.4 Å². The van der Waals surface area contributed by atoms with Crippen LogP contribution in [0.4, 0.5) is 13.9 Å². The predicted octanol–water partition coefficient (Wildman–Crippen LogP) is 3.46. The normalized spacial score (nSPS) is 10.6. The van der Waals surface area contributed by atoms with E-state index in [1.165, 1.54) is 23.1 Å². The molecule has 8 heteroatoms. The summed E-state index contributed by atoms with van der Waals surface area (Å²) in [6.45, 7) is 1.73. The molecule has 0 saturated carbocycles. The molecule has 1 aromatic heterocycles. The lowest BCUT2D eigenvalue weighted by molar-refractivity contribution is -0.115. The number of rotatable bonds is 5. The molecule has 1 N–H and O–H groups in total. The van der Waals surface area contributed by atoms with Crippen molar-refractivity contribution in [3.8, 4) is 0 Å². The first-order chi connectivity index (χ1) is 9.58. The van der Waals surface area contributed by atoms with Gasteiger partial charge in [0, 0.05) is 17.7 Å². The van der Waals surface area contributed by atoms with E-state index in [0.717, 1.165) is 18.2 Å². The van der Waals surface area contributed by atoms with Crippen LogP contribution in [0.25, 0.3) is 0 Å². The number of carbonyl (C=O) groups is 1. The van der Waals surface area contributed by atoms with Crippen molar-refractivity contribution in [1.29, 1.82) is 0 Å². The minimum atomic E-state index is -0.477. The van der Waals surface area contributed by atoms with Gasteiger partial charge < -0.3 is 5.32 Å². The SMILES string of the molecule is CCC(=O)Nc1nnc(SCc2cc(F)ccc2F)s1. The molecule has 0 atom stereocenters. The molecule has 0 bridgehead atoms. The highest BCUT2D eigenvalue weighted by Gasteiger charge is 2.09. The minimum absolute atomic E-state index is 0.145. The van der Waals surface area contributed by atoms with E-state index in [1.54, 1.807) is 6.92 Å². The van der Waals surface area contributed by atoms with E-state index < -0.39 is 11.6 Å². The summed E-state index contributed by atoms with van der Waals surface area (Å²) < 4.78 is 27.0. The Kier molecular flexibility index (Phi) is 5.02. The molecule has 1 aromatic carbocycles. The monoisotopic (exact) mass is 315 g/mol. The van der Waals surface area contributed by atoms with Crippen LogP contribution in [0.3, 0.4) is 0 Å². The Labute approximate surface area is 122 Å². The fourth-order valence-electron chi connectivity index (χ4n) is 1.32. The summed E-state index contributed by atoms with van der Waals surface area (Å²) >= 11 is 2.44.